The lowest BCUT2D eigenvalue weighted by atomic mass is 9.91. The van der Waals surface area contributed by atoms with E-state index >= 15 is 0 Å². The molecule has 6 aromatic rings. The van der Waals surface area contributed by atoms with Gasteiger partial charge < -0.3 is 59.8 Å². The van der Waals surface area contributed by atoms with Gasteiger partial charge in [-0.15, -0.1) is 21.5 Å². The van der Waals surface area contributed by atoms with Crippen molar-refractivity contribution in [2.45, 2.75) is 133 Å². The molecule has 6 atom stereocenters. The number of β-amino-alcohol motifs (C(OH)–C–C–N with tert-alkyl or cyclic N) is 1. The second-order valence-corrected chi connectivity index (χ2v) is 25.2. The number of alkyl halides is 2. The highest BCUT2D eigenvalue weighted by Crippen LogP contribution is 2.41. The van der Waals surface area contributed by atoms with E-state index in [1.165, 1.54) is 16.2 Å². The molecule has 12 rings (SSSR count). The molecule has 6 fully saturated rings. The number of aliphatic hydroxyl groups is 1. The number of ether oxygens (including phenoxy) is 2. The Kier molecular flexibility index (Phi) is 17.0. The summed E-state index contributed by atoms with van der Waals surface area (Å²) in [6.45, 7) is 12.8. The molecule has 4 aromatic heterocycles. The van der Waals surface area contributed by atoms with Crippen LogP contribution in [0, 0.1) is 24.7 Å². The van der Waals surface area contributed by atoms with Crippen LogP contribution in [0.1, 0.15) is 101 Å². The van der Waals surface area contributed by atoms with Crippen molar-refractivity contribution in [2.24, 2.45) is 17.8 Å². The van der Waals surface area contributed by atoms with E-state index in [0.717, 1.165) is 131 Å². The lowest BCUT2D eigenvalue weighted by molar-refractivity contribution is -0.141. The number of nitrogen functional groups attached to an aromatic ring is 1. The smallest absolute Gasteiger partial charge is 0.262 e. The minimum atomic E-state index is -2.92. The number of pyridine rings is 1. The number of para-hydroxylation sites is 1. The first-order chi connectivity index (χ1) is 40.7. The highest BCUT2D eigenvalue weighted by atomic mass is 32.1. The number of phenols is 1. The molecule has 9 heterocycles. The highest BCUT2D eigenvalue weighted by Gasteiger charge is 2.45. The molecular weight excluding hydrogens is 1090 g/mol. The Morgan fingerprint density at radius 2 is 1.63 bits per heavy atom. The van der Waals surface area contributed by atoms with Gasteiger partial charge in [-0.1, -0.05) is 55.4 Å². The number of halogens is 2. The van der Waals surface area contributed by atoms with Gasteiger partial charge in [0.25, 0.3) is 6.43 Å². The Bertz CT molecular complexity index is 3240. The number of nitrogens with zero attached hydrogens (tertiary/aromatic N) is 10. The molecule has 5 aliphatic heterocycles. The number of nitrogens with one attached hydrogen (secondary N) is 1. The van der Waals surface area contributed by atoms with E-state index in [2.05, 4.69) is 62.4 Å². The molecule has 446 valence electrons. The SMILES string of the molecule is Cc1ncsc1-c1ccc([C@@H](NC(=O)[C@@H]2C[C@@H](O)CN2C(=O)[C@H](c2cc(N3CCC(CN4CCC(OC5CC(Oc6cc(N7CC8CCN(c9cc(-c%10ccccc%10O)nnc9N)CC7C8)ccn6)C5)CC4)CC3)no2)C(C)C)C(F)F)cc1. The second kappa shape index (κ2) is 24.9. The van der Waals surface area contributed by atoms with E-state index in [1.54, 1.807) is 41.9 Å². The molecule has 84 heavy (non-hydrogen) atoms. The monoisotopic (exact) mass is 1170 g/mol. The Labute approximate surface area is 492 Å². The molecule has 5 saturated heterocycles. The lowest BCUT2D eigenvalue weighted by Gasteiger charge is -2.41. The number of likely N-dealkylation sites (tertiary alicyclic amines) is 2. The first kappa shape index (κ1) is 57.4. The summed E-state index contributed by atoms with van der Waals surface area (Å²) in [6, 6.07) is 19.2. The van der Waals surface area contributed by atoms with Crippen LogP contribution in [0.25, 0.3) is 21.7 Å². The van der Waals surface area contributed by atoms with Gasteiger partial charge >= 0.3 is 0 Å². The lowest BCUT2D eigenvalue weighted by Crippen LogP contribution is -2.49. The standard InChI is InChI=1S/C62H76F2N12O7S/c1-36(2)56(62(80)76-34-44(77)26-51(76)61(79)68-57(59(63)64)40-8-10-41(11-9-40)58-37(3)67-35-84-58)53-30-54(71-83-53)73-21-13-38(14-22-73)31-72-19-16-45(17-20-72)81-46-27-47(28-46)82-55-25-42(12-18-66-55)75-32-39-15-23-74(33-43(75)24-39)50-29-49(69-70-60(50)65)48-6-4-5-7-52(48)78/h4-12,18,25,29-30,35-36,38-39,43-47,51,56-57,59,77-78H,13-17,19-24,26-28,31-34H2,1-3H3,(H2,65,70)(H,68,79)/t39?,43?,44-,46?,47?,51+,56+,57-/m1/s1. The number of anilines is 4. The van der Waals surface area contributed by atoms with Gasteiger partial charge in [0.2, 0.25) is 17.7 Å². The van der Waals surface area contributed by atoms with Crippen molar-refractivity contribution in [3.8, 4) is 33.3 Å². The summed E-state index contributed by atoms with van der Waals surface area (Å²) in [6.07, 6.45) is 6.14. The van der Waals surface area contributed by atoms with E-state index < -0.39 is 42.3 Å². The van der Waals surface area contributed by atoms with Crippen LogP contribution in [0.5, 0.6) is 11.6 Å². The van der Waals surface area contributed by atoms with Crippen molar-refractivity contribution in [2.75, 3.05) is 79.3 Å². The molecule has 6 aliphatic rings. The van der Waals surface area contributed by atoms with E-state index in [4.69, 9.17) is 19.7 Å². The number of hydrogen-bond donors (Lipinski definition) is 4. The van der Waals surface area contributed by atoms with Gasteiger partial charge in [0.15, 0.2) is 17.4 Å². The molecule has 5 N–H and O–H groups in total. The third-order valence-electron chi connectivity index (χ3n) is 18.3. The number of aromatic hydroxyl groups is 1. The van der Waals surface area contributed by atoms with Crippen LogP contribution in [-0.2, 0) is 14.3 Å². The van der Waals surface area contributed by atoms with Gasteiger partial charge in [-0.05, 0) is 98.6 Å². The summed E-state index contributed by atoms with van der Waals surface area (Å²) in [5.74, 6) is 1.06. The molecule has 19 nitrogen and oxygen atoms in total. The van der Waals surface area contributed by atoms with Crippen LogP contribution in [0.2, 0.25) is 0 Å². The molecule has 1 saturated carbocycles. The molecule has 0 spiro atoms. The normalized spacial score (nSPS) is 24.1. The number of carbonyl (C=O) groups excluding carboxylic acids is 2. The Hall–Kier alpha value is -7.01. The Balaban J connectivity index is 0.572. The number of fused-ring (bicyclic) bond motifs is 2. The molecule has 2 amide bonds. The summed E-state index contributed by atoms with van der Waals surface area (Å²) in [4.78, 5) is 48.9. The maximum atomic E-state index is 14.6. The van der Waals surface area contributed by atoms with Crippen LogP contribution in [0.15, 0.2) is 89.0 Å². The zero-order valence-electron chi connectivity index (χ0n) is 47.9. The molecule has 1 aliphatic carbocycles. The summed E-state index contributed by atoms with van der Waals surface area (Å²) < 4.78 is 48.1. The summed E-state index contributed by atoms with van der Waals surface area (Å²) in [5, 5.41) is 36.8. The van der Waals surface area contributed by atoms with E-state index in [1.807, 2.05) is 51.2 Å². The fourth-order valence-electron chi connectivity index (χ4n) is 13.6. The number of hydrogen-bond acceptors (Lipinski definition) is 18. The minimum absolute atomic E-state index is 0.0640. The van der Waals surface area contributed by atoms with Crippen molar-refractivity contribution in [3.63, 3.8) is 0 Å². The van der Waals surface area contributed by atoms with Gasteiger partial charge in [-0.25, -0.2) is 18.7 Å². The topological polar surface area (TPSA) is 225 Å². The number of benzene rings is 2. The predicted octanol–water partition coefficient (Wildman–Crippen LogP) is 8.48. The molecule has 0 radical (unpaired) electrons. The van der Waals surface area contributed by atoms with Crippen LogP contribution < -0.4 is 30.5 Å². The number of piperidine rings is 2. The van der Waals surface area contributed by atoms with Crippen molar-refractivity contribution >= 4 is 46.2 Å². The first-order valence-corrected chi connectivity index (χ1v) is 30.8. The molecule has 2 aromatic carbocycles. The van der Waals surface area contributed by atoms with E-state index in [-0.39, 0.29) is 54.6 Å². The van der Waals surface area contributed by atoms with Crippen LogP contribution in [0.3, 0.4) is 0 Å². The van der Waals surface area contributed by atoms with Crippen LogP contribution in [-0.4, -0.2) is 159 Å². The molecule has 22 heteroatoms. The van der Waals surface area contributed by atoms with Gasteiger partial charge in [0.1, 0.15) is 29.9 Å². The number of rotatable bonds is 18. The zero-order chi connectivity index (χ0) is 58.2. The maximum Gasteiger partial charge on any atom is 0.262 e. The number of thiazole rings is 1. The summed E-state index contributed by atoms with van der Waals surface area (Å²) in [5.41, 5.74) is 13.2. The van der Waals surface area contributed by atoms with E-state index in [9.17, 15) is 28.6 Å². The Morgan fingerprint density at radius 3 is 2.37 bits per heavy atom. The first-order valence-electron chi connectivity index (χ1n) is 29.9. The number of carbonyl (C=O) groups is 2. The maximum absolute atomic E-state index is 14.6. The van der Waals surface area contributed by atoms with E-state index in [0.29, 0.717) is 46.4 Å². The summed E-state index contributed by atoms with van der Waals surface area (Å²) >= 11 is 1.46. The fraction of sp³-hybridized carbons (Fsp3) is 0.532. The summed E-state index contributed by atoms with van der Waals surface area (Å²) in [7, 11) is 0. The average Bonchev–Trinajstić information content (AvgIpc) is 2.96. The number of amides is 2. The molecule has 2 unspecified atom stereocenters. The fourth-order valence-corrected chi connectivity index (χ4v) is 14.4. The van der Waals surface area contributed by atoms with Gasteiger partial charge in [-0.2, -0.15) is 0 Å². The third kappa shape index (κ3) is 12.5. The zero-order valence-corrected chi connectivity index (χ0v) is 48.7. The second-order valence-electron chi connectivity index (χ2n) is 24.3. The molecule has 2 bridgehead atoms. The van der Waals surface area contributed by atoms with Gasteiger partial charge in [-0.3, -0.25) is 9.59 Å². The van der Waals surface area contributed by atoms with Crippen molar-refractivity contribution in [1.82, 2.24) is 40.4 Å². The quantitative estimate of drug-likeness (QED) is 0.0633. The number of phenolic OH excluding ortho intramolecular Hbond substituents is 1. The average molecular weight is 1170 g/mol. The molecular formula is C62H76F2N12O7S. The number of aliphatic hydroxyl groups excluding tert-OH is 1. The third-order valence-corrected chi connectivity index (χ3v) is 19.2. The van der Waals surface area contributed by atoms with Crippen LogP contribution >= 0.6 is 11.3 Å². The number of nitrogens with two attached hydrogens (primary N) is 1. The van der Waals surface area contributed by atoms with Crippen LogP contribution in [0.4, 0.5) is 31.8 Å². The largest absolute Gasteiger partial charge is 0.507 e. The number of aromatic nitrogens is 5. The van der Waals surface area contributed by atoms with Crippen molar-refractivity contribution < 1.29 is 42.6 Å². The predicted molar refractivity (Wildman–Crippen MR) is 316 cm³/mol. The highest BCUT2D eigenvalue weighted by molar-refractivity contribution is 7.13. The minimum Gasteiger partial charge on any atom is -0.507 e. The van der Waals surface area contributed by atoms with Crippen molar-refractivity contribution in [1.29, 1.82) is 0 Å². The van der Waals surface area contributed by atoms with Gasteiger partial charge in [0.05, 0.1) is 45.8 Å². The van der Waals surface area contributed by atoms with Gasteiger partial charge in [0, 0.05) is 114 Å². The van der Waals surface area contributed by atoms with Crippen molar-refractivity contribution in [3.05, 3.63) is 102 Å². The Morgan fingerprint density at radius 1 is 0.857 bits per heavy atom. The number of aryl methyl sites for hydroxylation is 1.